The predicted molar refractivity (Wildman–Crippen MR) is 133 cm³/mol. The summed E-state index contributed by atoms with van der Waals surface area (Å²) in [5, 5.41) is 14.6. The lowest BCUT2D eigenvalue weighted by atomic mass is 9.84. The smallest absolute Gasteiger partial charge is 0.168 e. The third kappa shape index (κ3) is 11.2. The topological polar surface area (TPSA) is 83.8 Å². The van der Waals surface area contributed by atoms with E-state index in [0.717, 1.165) is 25.7 Å². The Morgan fingerprint density at radius 2 is 1.22 bits per heavy atom. The molecule has 0 spiro atoms. The van der Waals surface area contributed by atoms with Crippen LogP contribution in [0.3, 0.4) is 0 Å². The van der Waals surface area contributed by atoms with Crippen LogP contribution >= 0.6 is 0 Å². The highest BCUT2D eigenvalue weighted by Crippen LogP contribution is 2.33. The van der Waals surface area contributed by atoms with Crippen LogP contribution in [0, 0.1) is 34.5 Å². The van der Waals surface area contributed by atoms with Crippen LogP contribution in [0.5, 0.6) is 0 Å². The minimum absolute atomic E-state index is 0.0276. The van der Waals surface area contributed by atoms with E-state index in [1.165, 1.54) is 6.92 Å². The number of nitroso groups, excluding NO2 is 1. The number of hydrogen-bond donors (Lipinski definition) is 1. The van der Waals surface area contributed by atoms with E-state index >= 15 is 0 Å². The zero-order valence-electron chi connectivity index (χ0n) is 22.0. The highest BCUT2D eigenvalue weighted by atomic mass is 16.3. The second-order valence-electron chi connectivity index (χ2n) is 10.8. The van der Waals surface area contributed by atoms with Gasteiger partial charge in [-0.05, 0) is 61.5 Å². The molecule has 32 heavy (non-hydrogen) atoms. The molecule has 0 aliphatic heterocycles. The van der Waals surface area contributed by atoms with E-state index in [0.29, 0.717) is 30.6 Å². The Labute approximate surface area is 196 Å². The van der Waals surface area contributed by atoms with Crippen molar-refractivity contribution in [2.75, 3.05) is 0 Å². The number of rotatable bonds is 16. The number of allylic oxidation sites excluding steroid dienone is 3. The molecule has 0 bridgehead atoms. The van der Waals surface area contributed by atoms with Crippen LogP contribution < -0.4 is 0 Å². The lowest BCUT2D eigenvalue weighted by molar-refractivity contribution is -0.116. The Morgan fingerprint density at radius 3 is 1.56 bits per heavy atom. The molecular weight excluding hydrogens is 402 g/mol. The number of carbonyl (C=O) groups excluding carboxylic acids is 2. The lowest BCUT2D eigenvalue weighted by Crippen LogP contribution is -2.18. The maximum Gasteiger partial charge on any atom is 0.168 e. The van der Waals surface area contributed by atoms with Crippen molar-refractivity contribution in [3.63, 3.8) is 0 Å². The van der Waals surface area contributed by atoms with Crippen LogP contribution in [-0.4, -0.2) is 16.7 Å². The summed E-state index contributed by atoms with van der Waals surface area (Å²) in [5.41, 5.74) is 0.0689. The Morgan fingerprint density at radius 1 is 0.750 bits per heavy atom. The van der Waals surface area contributed by atoms with E-state index in [1.54, 1.807) is 0 Å². The number of aliphatic hydroxyl groups is 1. The summed E-state index contributed by atoms with van der Waals surface area (Å²) in [6.07, 6.45) is 4.50. The number of nitrogens with zero attached hydrogens (tertiary/aromatic N) is 1. The Hall–Kier alpha value is -1.78. The number of Topliss-reactive ketones (excluding diaryl/α,β-unsaturated/α-hetero) is 2. The molecule has 0 heterocycles. The maximum absolute atomic E-state index is 13.3. The third-order valence-corrected chi connectivity index (χ3v) is 5.71. The minimum Gasteiger partial charge on any atom is -0.511 e. The van der Waals surface area contributed by atoms with Crippen molar-refractivity contribution in [2.24, 2.45) is 34.8 Å². The molecular formula is C27H47NO4. The summed E-state index contributed by atoms with van der Waals surface area (Å²) in [6, 6.07) is 0. The monoisotopic (exact) mass is 449 g/mol. The minimum atomic E-state index is -0.311. The molecule has 0 fully saturated rings. The van der Waals surface area contributed by atoms with Gasteiger partial charge in [-0.25, -0.2) is 0 Å². The van der Waals surface area contributed by atoms with Gasteiger partial charge < -0.3 is 5.11 Å². The molecule has 5 nitrogen and oxygen atoms in total. The van der Waals surface area contributed by atoms with Crippen molar-refractivity contribution in [3.05, 3.63) is 27.5 Å². The Bertz CT molecular complexity index is 672. The molecule has 5 heteroatoms. The van der Waals surface area contributed by atoms with Gasteiger partial charge in [0.1, 0.15) is 11.5 Å². The van der Waals surface area contributed by atoms with Gasteiger partial charge in [0, 0.05) is 17.9 Å². The molecule has 0 radical (unpaired) electrons. The van der Waals surface area contributed by atoms with Crippen molar-refractivity contribution in [3.8, 4) is 0 Å². The van der Waals surface area contributed by atoms with Gasteiger partial charge in [-0.3, -0.25) is 9.59 Å². The molecule has 0 atom stereocenters. The first kappa shape index (κ1) is 30.2. The molecule has 0 saturated carbocycles. The number of ketones is 2. The Kier molecular flexibility index (Phi) is 14.3. The van der Waals surface area contributed by atoms with Crippen molar-refractivity contribution >= 4 is 11.6 Å². The van der Waals surface area contributed by atoms with Crippen LogP contribution in [-0.2, 0) is 9.59 Å². The summed E-state index contributed by atoms with van der Waals surface area (Å²) in [7, 11) is 0. The van der Waals surface area contributed by atoms with Gasteiger partial charge in [-0.15, -0.1) is 4.91 Å². The zero-order chi connectivity index (χ0) is 25.0. The molecule has 0 aromatic carbocycles. The molecule has 1 N–H and O–H groups in total. The fourth-order valence-electron chi connectivity index (χ4n) is 3.71. The molecule has 0 aromatic rings. The van der Waals surface area contributed by atoms with Gasteiger partial charge in [0.25, 0.3) is 0 Å². The first-order valence-corrected chi connectivity index (χ1v) is 12.4. The summed E-state index contributed by atoms with van der Waals surface area (Å²) >= 11 is 0. The molecule has 0 aromatic heterocycles. The second kappa shape index (κ2) is 15.1. The quantitative estimate of drug-likeness (QED) is 0.112. The van der Waals surface area contributed by atoms with Crippen molar-refractivity contribution in [1.82, 2.24) is 0 Å². The van der Waals surface area contributed by atoms with Crippen molar-refractivity contribution < 1.29 is 14.7 Å². The van der Waals surface area contributed by atoms with Crippen LogP contribution in [0.25, 0.3) is 0 Å². The molecule has 184 valence electrons. The van der Waals surface area contributed by atoms with Crippen molar-refractivity contribution in [1.29, 1.82) is 0 Å². The maximum atomic E-state index is 13.3. The van der Waals surface area contributed by atoms with E-state index in [-0.39, 0.29) is 52.4 Å². The van der Waals surface area contributed by atoms with Crippen LogP contribution in [0.2, 0.25) is 0 Å². The summed E-state index contributed by atoms with van der Waals surface area (Å²) < 4.78 is 0. The number of carbonyl (C=O) groups is 2. The highest BCUT2D eigenvalue weighted by Gasteiger charge is 2.29. The predicted octanol–water partition coefficient (Wildman–Crippen LogP) is 7.95. The fraction of sp³-hybridized carbons (Fsp3) is 0.778. The molecule has 0 aliphatic rings. The Balaban J connectivity index is 6.73. The number of hydrogen-bond acceptors (Lipinski definition) is 5. The van der Waals surface area contributed by atoms with Gasteiger partial charge in [-0.1, -0.05) is 68.2 Å². The van der Waals surface area contributed by atoms with E-state index in [2.05, 4.69) is 32.9 Å². The van der Waals surface area contributed by atoms with Gasteiger partial charge in [0.2, 0.25) is 0 Å². The van der Waals surface area contributed by atoms with E-state index < -0.39 is 0 Å². The summed E-state index contributed by atoms with van der Waals surface area (Å²) in [5.74, 6) is 0.414. The summed E-state index contributed by atoms with van der Waals surface area (Å²) in [6.45, 7) is 17.8. The van der Waals surface area contributed by atoms with Gasteiger partial charge >= 0.3 is 0 Å². The molecule has 0 rings (SSSR count). The number of aliphatic hydroxyl groups excluding tert-OH is 1. The SMILES string of the molecule is CC(=O)/C(CCC(C)C)=C(N=O)\C(C(=O)CC(C)C)=C(\O)C(CCC(C)C)CCC(C)C. The van der Waals surface area contributed by atoms with Crippen molar-refractivity contribution in [2.45, 2.75) is 107 Å². The van der Waals surface area contributed by atoms with Crippen LogP contribution in [0.1, 0.15) is 107 Å². The third-order valence-electron chi connectivity index (χ3n) is 5.71. The molecule has 0 aliphatic carbocycles. The standard InChI is InChI=1S/C27H47NO4/c1-17(2)10-13-22(14-11-18(3)4)27(31)25(24(30)16-20(7)8)26(28-32)23(21(9)29)15-12-19(5)6/h17-20,22,31H,10-16H2,1-9H3/b26-23+,27-25+. The van der Waals surface area contributed by atoms with Crippen LogP contribution in [0.4, 0.5) is 0 Å². The lowest BCUT2D eigenvalue weighted by Gasteiger charge is -2.22. The normalized spacial score (nSPS) is 13.8. The average Bonchev–Trinajstić information content (AvgIpc) is 2.65. The highest BCUT2D eigenvalue weighted by molar-refractivity contribution is 6.04. The largest absolute Gasteiger partial charge is 0.511 e. The molecule has 0 saturated heterocycles. The van der Waals surface area contributed by atoms with Gasteiger partial charge in [-0.2, -0.15) is 0 Å². The summed E-state index contributed by atoms with van der Waals surface area (Å²) in [4.78, 5) is 37.8. The second-order valence-corrected chi connectivity index (χ2v) is 10.8. The average molecular weight is 450 g/mol. The zero-order valence-corrected chi connectivity index (χ0v) is 22.0. The van der Waals surface area contributed by atoms with E-state index in [4.69, 9.17) is 0 Å². The van der Waals surface area contributed by atoms with E-state index in [9.17, 15) is 19.6 Å². The van der Waals surface area contributed by atoms with Crippen LogP contribution in [0.15, 0.2) is 27.8 Å². The van der Waals surface area contributed by atoms with E-state index in [1.807, 2.05) is 27.7 Å². The molecule has 0 unspecified atom stereocenters. The van der Waals surface area contributed by atoms with Gasteiger partial charge in [0.15, 0.2) is 11.6 Å². The van der Waals surface area contributed by atoms with Gasteiger partial charge in [0.05, 0.1) is 5.57 Å². The first-order valence-electron chi connectivity index (χ1n) is 12.4. The fourth-order valence-corrected chi connectivity index (χ4v) is 3.71. The molecule has 0 amide bonds. The first-order chi connectivity index (χ1) is 14.8.